The smallest absolute Gasteiger partial charge is 0.328 e. The van der Waals surface area contributed by atoms with Crippen molar-refractivity contribution in [2.24, 2.45) is 5.92 Å². The molecule has 1 aromatic carbocycles. The van der Waals surface area contributed by atoms with E-state index in [1.54, 1.807) is 12.1 Å². The molecular weight excluding hydrogens is 216 g/mol. The third-order valence-electron chi connectivity index (χ3n) is 3.58. The number of fused-ring (bicyclic) bond motifs is 1. The summed E-state index contributed by atoms with van der Waals surface area (Å²) in [4.78, 5) is 25.5. The molecule has 2 fully saturated rings. The van der Waals surface area contributed by atoms with Crippen molar-refractivity contribution in [2.75, 3.05) is 4.90 Å². The van der Waals surface area contributed by atoms with E-state index in [2.05, 4.69) is 5.32 Å². The lowest BCUT2D eigenvalue weighted by atomic mass is 9.99. The van der Waals surface area contributed by atoms with Gasteiger partial charge in [-0.25, -0.2) is 9.69 Å². The number of imide groups is 1. The van der Waals surface area contributed by atoms with Gasteiger partial charge in [0.2, 0.25) is 5.91 Å². The summed E-state index contributed by atoms with van der Waals surface area (Å²) in [5, 5.41) is 2.92. The van der Waals surface area contributed by atoms with Crippen LogP contribution >= 0.6 is 0 Å². The van der Waals surface area contributed by atoms with Crippen molar-refractivity contribution in [3.8, 4) is 0 Å². The molecule has 1 saturated heterocycles. The Labute approximate surface area is 99.6 Å². The first-order valence-corrected chi connectivity index (χ1v) is 5.97. The van der Waals surface area contributed by atoms with Gasteiger partial charge in [-0.15, -0.1) is 0 Å². The molecule has 1 aliphatic carbocycles. The molecule has 2 aliphatic rings. The molecule has 0 spiro atoms. The number of hydrogen-bond donors (Lipinski definition) is 1. The van der Waals surface area contributed by atoms with Crippen LogP contribution in [0.5, 0.6) is 0 Å². The van der Waals surface area contributed by atoms with Gasteiger partial charge in [-0.05, 0) is 25.0 Å². The zero-order valence-corrected chi connectivity index (χ0v) is 9.43. The van der Waals surface area contributed by atoms with Gasteiger partial charge in [0.25, 0.3) is 0 Å². The highest BCUT2D eigenvalue weighted by atomic mass is 16.2. The molecule has 0 aromatic heterocycles. The van der Waals surface area contributed by atoms with Crippen molar-refractivity contribution < 1.29 is 9.59 Å². The SMILES string of the molecule is O=C1N[C@@H]2CCC[C@@H]2C(=O)N1c1ccccc1. The lowest BCUT2D eigenvalue weighted by molar-refractivity contribution is -0.122. The molecule has 2 atom stereocenters. The first kappa shape index (κ1) is 10.3. The van der Waals surface area contributed by atoms with Crippen LogP contribution in [0.3, 0.4) is 0 Å². The van der Waals surface area contributed by atoms with Gasteiger partial charge in [0.1, 0.15) is 0 Å². The number of hydrogen-bond acceptors (Lipinski definition) is 2. The standard InChI is InChI=1S/C13H14N2O2/c16-12-10-7-4-8-11(10)14-13(17)15(12)9-5-2-1-3-6-9/h1-3,5-6,10-11H,4,7-8H2,(H,14,17)/t10-,11+/m0/s1. The van der Waals surface area contributed by atoms with Crippen LogP contribution in [0.4, 0.5) is 10.5 Å². The highest BCUT2D eigenvalue weighted by Crippen LogP contribution is 2.32. The van der Waals surface area contributed by atoms with E-state index in [1.807, 2.05) is 18.2 Å². The maximum atomic E-state index is 12.3. The van der Waals surface area contributed by atoms with Crippen LogP contribution in [0.2, 0.25) is 0 Å². The number of rotatable bonds is 1. The Morgan fingerprint density at radius 3 is 2.65 bits per heavy atom. The summed E-state index contributed by atoms with van der Waals surface area (Å²) in [7, 11) is 0. The molecule has 1 aliphatic heterocycles. The monoisotopic (exact) mass is 230 g/mol. The Balaban J connectivity index is 1.94. The van der Waals surface area contributed by atoms with E-state index in [9.17, 15) is 9.59 Å². The minimum atomic E-state index is -0.288. The van der Waals surface area contributed by atoms with Crippen LogP contribution < -0.4 is 10.2 Å². The third kappa shape index (κ3) is 1.60. The zero-order valence-electron chi connectivity index (χ0n) is 9.43. The topological polar surface area (TPSA) is 49.4 Å². The molecule has 0 unspecified atom stereocenters. The third-order valence-corrected chi connectivity index (χ3v) is 3.58. The number of para-hydroxylation sites is 1. The molecule has 1 saturated carbocycles. The van der Waals surface area contributed by atoms with E-state index in [-0.39, 0.29) is 23.9 Å². The Morgan fingerprint density at radius 1 is 1.12 bits per heavy atom. The quantitative estimate of drug-likeness (QED) is 0.801. The van der Waals surface area contributed by atoms with E-state index >= 15 is 0 Å². The van der Waals surface area contributed by atoms with Gasteiger partial charge >= 0.3 is 6.03 Å². The van der Waals surface area contributed by atoms with Gasteiger partial charge in [0.05, 0.1) is 11.6 Å². The first-order chi connectivity index (χ1) is 8.27. The molecule has 1 aromatic rings. The highest BCUT2D eigenvalue weighted by molar-refractivity contribution is 6.17. The maximum absolute atomic E-state index is 12.3. The Kier molecular flexibility index (Phi) is 2.35. The fourth-order valence-electron chi connectivity index (χ4n) is 2.74. The molecule has 17 heavy (non-hydrogen) atoms. The number of carbonyl (C=O) groups excluding carboxylic acids is 2. The number of benzene rings is 1. The molecule has 0 radical (unpaired) electrons. The molecule has 4 heteroatoms. The van der Waals surface area contributed by atoms with Crippen LogP contribution in [-0.4, -0.2) is 18.0 Å². The first-order valence-electron chi connectivity index (χ1n) is 5.97. The average Bonchev–Trinajstić information content (AvgIpc) is 2.78. The number of carbonyl (C=O) groups is 2. The van der Waals surface area contributed by atoms with Crippen LogP contribution in [0.25, 0.3) is 0 Å². The molecule has 4 nitrogen and oxygen atoms in total. The summed E-state index contributed by atoms with van der Waals surface area (Å²) in [6, 6.07) is 8.86. The van der Waals surface area contributed by atoms with Crippen molar-refractivity contribution >= 4 is 17.6 Å². The highest BCUT2D eigenvalue weighted by Gasteiger charge is 2.43. The fourth-order valence-corrected chi connectivity index (χ4v) is 2.74. The molecule has 3 amide bonds. The minimum Gasteiger partial charge on any atom is -0.334 e. The summed E-state index contributed by atoms with van der Waals surface area (Å²) in [6.07, 6.45) is 2.82. The molecule has 88 valence electrons. The molecular formula is C13H14N2O2. The number of nitrogens with zero attached hydrogens (tertiary/aromatic N) is 1. The van der Waals surface area contributed by atoms with Crippen molar-refractivity contribution in [3.05, 3.63) is 30.3 Å². The van der Waals surface area contributed by atoms with Gasteiger partial charge in [-0.3, -0.25) is 4.79 Å². The van der Waals surface area contributed by atoms with Gasteiger partial charge < -0.3 is 5.32 Å². The van der Waals surface area contributed by atoms with Crippen LogP contribution in [0.15, 0.2) is 30.3 Å². The van der Waals surface area contributed by atoms with Crippen molar-refractivity contribution in [1.29, 1.82) is 0 Å². The number of urea groups is 1. The van der Waals surface area contributed by atoms with Crippen molar-refractivity contribution in [2.45, 2.75) is 25.3 Å². The Morgan fingerprint density at radius 2 is 1.88 bits per heavy atom. The molecule has 0 bridgehead atoms. The van der Waals surface area contributed by atoms with Crippen molar-refractivity contribution in [3.63, 3.8) is 0 Å². The average molecular weight is 230 g/mol. The van der Waals surface area contributed by atoms with Gasteiger partial charge in [0, 0.05) is 6.04 Å². The van der Waals surface area contributed by atoms with E-state index in [0.717, 1.165) is 19.3 Å². The van der Waals surface area contributed by atoms with Gasteiger partial charge in [-0.2, -0.15) is 0 Å². The van der Waals surface area contributed by atoms with Crippen LogP contribution in [0.1, 0.15) is 19.3 Å². The van der Waals surface area contributed by atoms with E-state index in [4.69, 9.17) is 0 Å². The zero-order chi connectivity index (χ0) is 11.8. The minimum absolute atomic E-state index is 0.0343. The fraction of sp³-hybridized carbons (Fsp3) is 0.385. The number of nitrogens with one attached hydrogen (secondary N) is 1. The van der Waals surface area contributed by atoms with Crippen LogP contribution in [0, 0.1) is 5.92 Å². The second-order valence-electron chi connectivity index (χ2n) is 4.60. The lowest BCUT2D eigenvalue weighted by Gasteiger charge is -2.33. The number of amides is 3. The Hall–Kier alpha value is -1.84. The van der Waals surface area contributed by atoms with Gasteiger partial charge in [0.15, 0.2) is 0 Å². The molecule has 1 heterocycles. The molecule has 1 N–H and O–H groups in total. The van der Waals surface area contributed by atoms with E-state index < -0.39 is 0 Å². The maximum Gasteiger partial charge on any atom is 0.328 e. The van der Waals surface area contributed by atoms with E-state index in [1.165, 1.54) is 4.90 Å². The lowest BCUT2D eigenvalue weighted by Crippen LogP contribution is -2.58. The van der Waals surface area contributed by atoms with Crippen molar-refractivity contribution in [1.82, 2.24) is 5.32 Å². The Bertz CT molecular complexity index is 458. The summed E-state index contributed by atoms with van der Waals surface area (Å²) in [5.41, 5.74) is 0.653. The largest absolute Gasteiger partial charge is 0.334 e. The summed E-state index contributed by atoms with van der Waals surface area (Å²) >= 11 is 0. The van der Waals surface area contributed by atoms with Crippen LogP contribution in [-0.2, 0) is 4.79 Å². The number of anilines is 1. The predicted molar refractivity (Wildman–Crippen MR) is 63.6 cm³/mol. The summed E-state index contributed by atoms with van der Waals surface area (Å²) in [6.45, 7) is 0. The second-order valence-corrected chi connectivity index (χ2v) is 4.60. The molecule has 3 rings (SSSR count). The summed E-state index contributed by atoms with van der Waals surface area (Å²) in [5.74, 6) is -0.0876. The van der Waals surface area contributed by atoms with E-state index in [0.29, 0.717) is 5.69 Å². The normalized spacial score (nSPS) is 27.9. The predicted octanol–water partition coefficient (Wildman–Crippen LogP) is 1.91. The summed E-state index contributed by atoms with van der Waals surface area (Å²) < 4.78 is 0. The second kappa shape index (κ2) is 3.87. The van der Waals surface area contributed by atoms with Gasteiger partial charge in [-0.1, -0.05) is 24.6 Å².